The maximum absolute atomic E-state index is 11.2. The van der Waals surface area contributed by atoms with E-state index in [0.717, 1.165) is 0 Å². The van der Waals surface area contributed by atoms with Crippen LogP contribution in [0.3, 0.4) is 0 Å². The summed E-state index contributed by atoms with van der Waals surface area (Å²) in [5.74, 6) is 0.178. The van der Waals surface area contributed by atoms with Crippen LogP contribution in [0, 0.1) is 6.92 Å². The van der Waals surface area contributed by atoms with E-state index in [0.29, 0.717) is 16.5 Å². The summed E-state index contributed by atoms with van der Waals surface area (Å²) in [6.07, 6.45) is 1.33. The first kappa shape index (κ1) is 11.7. The fourth-order valence-corrected chi connectivity index (χ4v) is 1.15. The largest absolute Gasteiger partial charge is 0.467 e. The molecule has 1 atom stereocenters. The lowest BCUT2D eigenvalue weighted by molar-refractivity contribution is -0.141. The van der Waals surface area contributed by atoms with Crippen molar-refractivity contribution in [2.75, 3.05) is 12.4 Å². The molecule has 0 aromatic carbocycles. The first-order chi connectivity index (χ1) is 7.06. The molecule has 0 amide bonds. The molecule has 0 aliphatic carbocycles. The smallest absolute Gasteiger partial charge is 0.328 e. The summed E-state index contributed by atoms with van der Waals surface area (Å²) in [4.78, 5) is 18.9. The van der Waals surface area contributed by atoms with Crippen LogP contribution in [-0.2, 0) is 9.53 Å². The molecule has 82 valence electrons. The van der Waals surface area contributed by atoms with Gasteiger partial charge in [-0.1, -0.05) is 11.6 Å². The van der Waals surface area contributed by atoms with Crippen LogP contribution in [-0.4, -0.2) is 29.1 Å². The number of hydrogen-bond acceptors (Lipinski definition) is 5. The van der Waals surface area contributed by atoms with Gasteiger partial charge in [-0.2, -0.15) is 0 Å². The Kier molecular flexibility index (Phi) is 3.85. The predicted molar refractivity (Wildman–Crippen MR) is 56.9 cm³/mol. The zero-order valence-electron chi connectivity index (χ0n) is 8.74. The zero-order chi connectivity index (χ0) is 11.4. The standard InChI is InChI=1S/C9H12ClN3O2/c1-5-7(10)11-4-12-8(5)13-6(2)9(14)15-3/h4,6H,1-3H3,(H,11,12,13). The number of carbonyl (C=O) groups excluding carboxylic acids is 1. The third-order valence-electron chi connectivity index (χ3n) is 1.93. The first-order valence-electron chi connectivity index (χ1n) is 4.37. The number of esters is 1. The summed E-state index contributed by atoms with van der Waals surface area (Å²) in [5, 5.41) is 3.26. The van der Waals surface area contributed by atoms with Gasteiger partial charge in [-0.05, 0) is 13.8 Å². The lowest BCUT2D eigenvalue weighted by Crippen LogP contribution is -2.28. The van der Waals surface area contributed by atoms with Crippen molar-refractivity contribution in [2.45, 2.75) is 19.9 Å². The quantitative estimate of drug-likeness (QED) is 0.627. The van der Waals surface area contributed by atoms with Gasteiger partial charge in [0.1, 0.15) is 23.3 Å². The van der Waals surface area contributed by atoms with Gasteiger partial charge in [0.05, 0.1) is 7.11 Å². The van der Waals surface area contributed by atoms with Gasteiger partial charge in [-0.15, -0.1) is 0 Å². The Morgan fingerprint density at radius 1 is 1.60 bits per heavy atom. The minimum atomic E-state index is -0.473. The number of nitrogens with zero attached hydrogens (tertiary/aromatic N) is 2. The van der Waals surface area contributed by atoms with E-state index in [1.807, 2.05) is 0 Å². The van der Waals surface area contributed by atoms with Crippen LogP contribution in [0.25, 0.3) is 0 Å². The Bertz CT molecular complexity index is 370. The van der Waals surface area contributed by atoms with Crippen LogP contribution in [0.2, 0.25) is 5.15 Å². The minimum absolute atomic E-state index is 0.357. The molecule has 0 spiro atoms. The molecule has 0 bridgehead atoms. The average Bonchev–Trinajstić information content (AvgIpc) is 2.23. The van der Waals surface area contributed by atoms with Gasteiger partial charge < -0.3 is 10.1 Å². The Morgan fingerprint density at radius 3 is 2.87 bits per heavy atom. The normalized spacial score (nSPS) is 12.0. The summed E-state index contributed by atoms with van der Waals surface area (Å²) in [7, 11) is 1.33. The summed E-state index contributed by atoms with van der Waals surface area (Å²) in [6, 6.07) is -0.473. The molecule has 1 aromatic rings. The molecular weight excluding hydrogens is 218 g/mol. The van der Waals surface area contributed by atoms with Crippen LogP contribution in [0.4, 0.5) is 5.82 Å². The number of rotatable bonds is 3. The van der Waals surface area contributed by atoms with E-state index in [2.05, 4.69) is 20.0 Å². The molecule has 0 aliphatic rings. The molecule has 0 fully saturated rings. The van der Waals surface area contributed by atoms with E-state index in [4.69, 9.17) is 11.6 Å². The van der Waals surface area contributed by atoms with Crippen LogP contribution < -0.4 is 5.32 Å². The van der Waals surface area contributed by atoms with Crippen LogP contribution in [0.5, 0.6) is 0 Å². The maximum atomic E-state index is 11.2. The van der Waals surface area contributed by atoms with Crippen molar-refractivity contribution in [3.05, 3.63) is 17.0 Å². The third-order valence-corrected chi connectivity index (χ3v) is 2.31. The molecule has 1 unspecified atom stereocenters. The summed E-state index contributed by atoms with van der Waals surface area (Å²) >= 11 is 5.80. The number of aromatic nitrogens is 2. The van der Waals surface area contributed by atoms with Crippen molar-refractivity contribution in [1.29, 1.82) is 0 Å². The molecule has 6 heteroatoms. The minimum Gasteiger partial charge on any atom is -0.467 e. The zero-order valence-corrected chi connectivity index (χ0v) is 9.50. The fraction of sp³-hybridized carbons (Fsp3) is 0.444. The highest BCUT2D eigenvalue weighted by molar-refractivity contribution is 6.30. The monoisotopic (exact) mass is 229 g/mol. The van der Waals surface area contributed by atoms with Crippen molar-refractivity contribution in [1.82, 2.24) is 9.97 Å². The maximum Gasteiger partial charge on any atom is 0.328 e. The fourth-order valence-electron chi connectivity index (χ4n) is 1.01. The highest BCUT2D eigenvalue weighted by Gasteiger charge is 2.15. The number of anilines is 1. The Balaban J connectivity index is 2.81. The van der Waals surface area contributed by atoms with Crippen LogP contribution in [0.1, 0.15) is 12.5 Å². The molecule has 0 saturated carbocycles. The van der Waals surface area contributed by atoms with Crippen LogP contribution in [0.15, 0.2) is 6.33 Å². The van der Waals surface area contributed by atoms with Crippen molar-refractivity contribution in [3.63, 3.8) is 0 Å². The van der Waals surface area contributed by atoms with E-state index in [-0.39, 0.29) is 5.97 Å². The van der Waals surface area contributed by atoms with E-state index < -0.39 is 6.04 Å². The average molecular weight is 230 g/mol. The Morgan fingerprint density at radius 2 is 2.27 bits per heavy atom. The van der Waals surface area contributed by atoms with Crippen molar-refractivity contribution in [3.8, 4) is 0 Å². The van der Waals surface area contributed by atoms with E-state index in [9.17, 15) is 4.79 Å². The summed E-state index contributed by atoms with van der Waals surface area (Å²) in [5.41, 5.74) is 0.704. The molecule has 15 heavy (non-hydrogen) atoms. The first-order valence-corrected chi connectivity index (χ1v) is 4.75. The van der Waals surface area contributed by atoms with Gasteiger partial charge in [0, 0.05) is 5.56 Å². The molecule has 0 radical (unpaired) electrons. The van der Waals surface area contributed by atoms with Gasteiger partial charge in [0.2, 0.25) is 0 Å². The number of hydrogen-bond donors (Lipinski definition) is 1. The molecule has 1 rings (SSSR count). The SMILES string of the molecule is COC(=O)C(C)Nc1ncnc(Cl)c1C. The molecular formula is C9H12ClN3O2. The van der Waals surface area contributed by atoms with Gasteiger partial charge >= 0.3 is 5.97 Å². The summed E-state index contributed by atoms with van der Waals surface area (Å²) in [6.45, 7) is 3.45. The second-order valence-electron chi connectivity index (χ2n) is 3.03. The van der Waals surface area contributed by atoms with E-state index in [1.165, 1.54) is 13.4 Å². The number of methoxy groups -OCH3 is 1. The molecule has 1 heterocycles. The molecule has 5 nitrogen and oxygen atoms in total. The number of carbonyl (C=O) groups is 1. The summed E-state index contributed by atoms with van der Waals surface area (Å²) < 4.78 is 4.58. The van der Waals surface area contributed by atoms with Crippen LogP contribution >= 0.6 is 11.6 Å². The third kappa shape index (κ3) is 2.79. The van der Waals surface area contributed by atoms with E-state index in [1.54, 1.807) is 13.8 Å². The van der Waals surface area contributed by atoms with Crippen molar-refractivity contribution < 1.29 is 9.53 Å². The van der Waals surface area contributed by atoms with Gasteiger partial charge in [-0.25, -0.2) is 14.8 Å². The second kappa shape index (κ2) is 4.93. The molecule has 0 aliphatic heterocycles. The lowest BCUT2D eigenvalue weighted by atomic mass is 10.3. The highest BCUT2D eigenvalue weighted by atomic mass is 35.5. The lowest BCUT2D eigenvalue weighted by Gasteiger charge is -2.13. The molecule has 0 saturated heterocycles. The Labute approximate surface area is 92.8 Å². The van der Waals surface area contributed by atoms with Gasteiger partial charge in [-0.3, -0.25) is 0 Å². The van der Waals surface area contributed by atoms with Gasteiger partial charge in [0.15, 0.2) is 0 Å². The topological polar surface area (TPSA) is 64.1 Å². The molecule has 1 aromatic heterocycles. The van der Waals surface area contributed by atoms with E-state index >= 15 is 0 Å². The predicted octanol–water partition coefficient (Wildman–Crippen LogP) is 1.41. The van der Waals surface area contributed by atoms with Crippen molar-refractivity contribution in [2.24, 2.45) is 0 Å². The second-order valence-corrected chi connectivity index (χ2v) is 3.39. The number of nitrogens with one attached hydrogen (secondary N) is 1. The van der Waals surface area contributed by atoms with Crippen molar-refractivity contribution >= 4 is 23.4 Å². The van der Waals surface area contributed by atoms with Gasteiger partial charge in [0.25, 0.3) is 0 Å². The highest BCUT2D eigenvalue weighted by Crippen LogP contribution is 2.18. The Hall–Kier alpha value is -1.36. The number of ether oxygens (including phenoxy) is 1. The number of halogens is 1. The molecule has 1 N–H and O–H groups in total.